The normalized spacial score (nSPS) is 23.6. The van der Waals surface area contributed by atoms with Crippen molar-refractivity contribution in [3.05, 3.63) is 53.9 Å². The van der Waals surface area contributed by atoms with Crippen molar-refractivity contribution in [1.29, 1.82) is 0 Å². The molecule has 1 fully saturated rings. The fourth-order valence-electron chi connectivity index (χ4n) is 4.24. The molecule has 2 aliphatic heterocycles. The number of hydrogen-bond acceptors (Lipinski definition) is 7. The second kappa shape index (κ2) is 10.1. The van der Waals surface area contributed by atoms with Gasteiger partial charge in [0.15, 0.2) is 0 Å². The number of carbonyl (C=O) groups is 2. The van der Waals surface area contributed by atoms with Crippen molar-refractivity contribution in [3.63, 3.8) is 0 Å². The molecule has 3 N–H and O–H groups in total. The number of aliphatic hydroxyl groups is 1. The number of methoxy groups -OCH3 is 1. The Morgan fingerprint density at radius 3 is 2.94 bits per heavy atom. The van der Waals surface area contributed by atoms with Crippen LogP contribution in [0.25, 0.3) is 0 Å². The highest BCUT2D eigenvalue weighted by Crippen LogP contribution is 2.47. The second-order valence-corrected chi connectivity index (χ2v) is 7.90. The maximum absolute atomic E-state index is 12.5. The van der Waals surface area contributed by atoms with E-state index in [9.17, 15) is 14.7 Å². The second-order valence-electron chi connectivity index (χ2n) is 7.90. The fourth-order valence-corrected chi connectivity index (χ4v) is 4.24. The molecular formula is C23H27N3O6. The Kier molecular flexibility index (Phi) is 6.99. The summed E-state index contributed by atoms with van der Waals surface area (Å²) in [6, 6.07) is 8.89. The summed E-state index contributed by atoms with van der Waals surface area (Å²) >= 11 is 0. The van der Waals surface area contributed by atoms with Crippen LogP contribution in [-0.4, -0.2) is 67.1 Å². The van der Waals surface area contributed by atoms with Crippen molar-refractivity contribution in [3.8, 4) is 5.75 Å². The number of aliphatic hydroxyl groups excluding tert-OH is 1. The third-order valence-corrected chi connectivity index (χ3v) is 5.72. The Bertz CT molecular complexity index is 954. The van der Waals surface area contributed by atoms with Crippen LogP contribution in [0.3, 0.4) is 0 Å². The van der Waals surface area contributed by atoms with E-state index in [0.717, 1.165) is 5.56 Å². The minimum absolute atomic E-state index is 0.0529. The number of aromatic nitrogens is 1. The van der Waals surface area contributed by atoms with E-state index in [0.29, 0.717) is 36.6 Å². The van der Waals surface area contributed by atoms with Gasteiger partial charge in [0.25, 0.3) is 5.91 Å². The molecule has 2 amide bonds. The van der Waals surface area contributed by atoms with Gasteiger partial charge < -0.3 is 30.0 Å². The van der Waals surface area contributed by atoms with Gasteiger partial charge in [0, 0.05) is 43.2 Å². The lowest BCUT2D eigenvalue weighted by molar-refractivity contribution is -0.142. The number of benzene rings is 1. The number of carbonyl (C=O) groups excluding carboxylic acids is 2. The minimum Gasteiger partial charge on any atom is -0.487 e. The predicted molar refractivity (Wildman–Crippen MR) is 116 cm³/mol. The molecule has 0 bridgehead atoms. The van der Waals surface area contributed by atoms with E-state index in [-0.39, 0.29) is 43.0 Å². The van der Waals surface area contributed by atoms with Crippen LogP contribution in [0.4, 0.5) is 5.69 Å². The van der Waals surface area contributed by atoms with E-state index in [2.05, 4.69) is 15.6 Å². The number of nitrogens with zero attached hydrogens (tertiary/aromatic N) is 1. The lowest BCUT2D eigenvalue weighted by Gasteiger charge is -2.37. The number of ether oxygens (including phenoxy) is 3. The molecule has 0 unspecified atom stereocenters. The lowest BCUT2D eigenvalue weighted by Crippen LogP contribution is -2.47. The highest BCUT2D eigenvalue weighted by molar-refractivity contribution is 6.04. The first-order valence-electron chi connectivity index (χ1n) is 10.6. The first kappa shape index (κ1) is 22.2. The number of pyridine rings is 1. The van der Waals surface area contributed by atoms with E-state index >= 15 is 0 Å². The third-order valence-electron chi connectivity index (χ3n) is 5.72. The monoisotopic (exact) mass is 441 g/mol. The van der Waals surface area contributed by atoms with Crippen molar-refractivity contribution < 1.29 is 28.9 Å². The van der Waals surface area contributed by atoms with Gasteiger partial charge in [0.1, 0.15) is 18.0 Å². The molecule has 1 aromatic carbocycles. The molecule has 0 spiro atoms. The van der Waals surface area contributed by atoms with Crippen molar-refractivity contribution in [2.24, 2.45) is 0 Å². The van der Waals surface area contributed by atoms with Crippen LogP contribution in [0, 0.1) is 0 Å². The third kappa shape index (κ3) is 4.90. The highest BCUT2D eigenvalue weighted by atomic mass is 16.6. The van der Waals surface area contributed by atoms with Gasteiger partial charge in [0.05, 0.1) is 31.3 Å². The minimum atomic E-state index is -0.536. The average Bonchev–Trinajstić information content (AvgIpc) is 3.17. The summed E-state index contributed by atoms with van der Waals surface area (Å²) in [4.78, 5) is 28.7. The molecule has 9 nitrogen and oxygen atoms in total. The smallest absolute Gasteiger partial charge is 0.257 e. The van der Waals surface area contributed by atoms with Crippen LogP contribution in [0.15, 0.2) is 42.7 Å². The molecule has 0 radical (unpaired) electrons. The van der Waals surface area contributed by atoms with E-state index < -0.39 is 6.10 Å². The zero-order valence-electron chi connectivity index (χ0n) is 17.8. The number of fused-ring (bicyclic) bond motifs is 3. The van der Waals surface area contributed by atoms with E-state index in [1.54, 1.807) is 31.5 Å². The maximum atomic E-state index is 12.5. The van der Waals surface area contributed by atoms with Gasteiger partial charge in [-0.2, -0.15) is 0 Å². The average molecular weight is 441 g/mol. The first-order chi connectivity index (χ1) is 15.6. The van der Waals surface area contributed by atoms with Crippen LogP contribution in [0.1, 0.15) is 34.7 Å². The summed E-state index contributed by atoms with van der Waals surface area (Å²) in [5, 5.41) is 15.5. The number of anilines is 1. The van der Waals surface area contributed by atoms with E-state index in [1.807, 2.05) is 12.1 Å². The Hall–Kier alpha value is -3.01. The van der Waals surface area contributed by atoms with E-state index in [4.69, 9.17) is 14.2 Å². The molecule has 3 heterocycles. The summed E-state index contributed by atoms with van der Waals surface area (Å²) < 4.78 is 17.0. The Labute approximate surface area is 186 Å². The zero-order chi connectivity index (χ0) is 22.5. The van der Waals surface area contributed by atoms with Crippen LogP contribution in [0.5, 0.6) is 5.75 Å². The molecule has 2 aliphatic rings. The Balaban J connectivity index is 1.47. The summed E-state index contributed by atoms with van der Waals surface area (Å²) in [7, 11) is 1.58. The topological polar surface area (TPSA) is 119 Å². The van der Waals surface area contributed by atoms with Crippen molar-refractivity contribution in [2.45, 2.75) is 37.1 Å². The van der Waals surface area contributed by atoms with Crippen LogP contribution in [0.2, 0.25) is 0 Å². The quantitative estimate of drug-likeness (QED) is 0.531. The van der Waals surface area contributed by atoms with Gasteiger partial charge >= 0.3 is 0 Å². The SMILES string of the molecule is COCCNC(=O)C[C@H]1C[C@H]2c3cc(NC(=O)c4cccnc4)ccc3O[C@H]2[C@@H](CO)O1. The Morgan fingerprint density at radius 1 is 1.31 bits per heavy atom. The molecule has 0 saturated carbocycles. The van der Waals surface area contributed by atoms with Gasteiger partial charge in [-0.05, 0) is 36.8 Å². The van der Waals surface area contributed by atoms with Crippen LogP contribution < -0.4 is 15.4 Å². The highest BCUT2D eigenvalue weighted by Gasteiger charge is 2.46. The number of hydrogen-bond donors (Lipinski definition) is 3. The first-order valence-corrected chi connectivity index (χ1v) is 10.6. The number of rotatable bonds is 8. The molecule has 32 heavy (non-hydrogen) atoms. The van der Waals surface area contributed by atoms with Gasteiger partial charge in [-0.25, -0.2) is 0 Å². The zero-order valence-corrected chi connectivity index (χ0v) is 17.8. The molecule has 4 atom stereocenters. The van der Waals surface area contributed by atoms with Crippen LogP contribution >= 0.6 is 0 Å². The molecule has 4 rings (SSSR count). The van der Waals surface area contributed by atoms with Gasteiger partial charge in [0.2, 0.25) is 5.91 Å². The van der Waals surface area contributed by atoms with Crippen molar-refractivity contribution in [1.82, 2.24) is 10.3 Å². The van der Waals surface area contributed by atoms with Gasteiger partial charge in [-0.1, -0.05) is 0 Å². The molecule has 1 saturated heterocycles. The fraction of sp³-hybridized carbons (Fsp3) is 0.435. The molecule has 1 aromatic heterocycles. The summed E-state index contributed by atoms with van der Waals surface area (Å²) in [5.74, 6) is 0.271. The molecule has 170 valence electrons. The maximum Gasteiger partial charge on any atom is 0.257 e. The summed E-state index contributed by atoms with van der Waals surface area (Å²) in [6.45, 7) is 0.668. The molecule has 0 aliphatic carbocycles. The number of nitrogens with one attached hydrogen (secondary N) is 2. The van der Waals surface area contributed by atoms with Crippen molar-refractivity contribution in [2.75, 3.05) is 32.2 Å². The Morgan fingerprint density at radius 2 is 2.19 bits per heavy atom. The molecule has 2 aromatic rings. The molecule has 9 heteroatoms. The predicted octanol–water partition coefficient (Wildman–Crippen LogP) is 1.48. The van der Waals surface area contributed by atoms with E-state index in [1.165, 1.54) is 6.20 Å². The van der Waals surface area contributed by atoms with Gasteiger partial charge in [-0.15, -0.1) is 0 Å². The standard InChI is InChI=1S/C23H27N3O6/c1-30-8-7-25-21(28)11-16-10-18-17-9-15(26-23(29)14-3-2-6-24-12-14)4-5-19(17)32-22(18)20(13-27)31-16/h2-6,9,12,16,18,20,22,27H,7-8,10-11,13H2,1H3,(H,25,28)(H,26,29)/t16-,18+,20-,22-/m1/s1. The summed E-state index contributed by atoms with van der Waals surface area (Å²) in [6.07, 6.45) is 2.66. The van der Waals surface area contributed by atoms with Gasteiger partial charge in [-0.3, -0.25) is 14.6 Å². The van der Waals surface area contributed by atoms with Crippen molar-refractivity contribution >= 4 is 17.5 Å². The summed E-state index contributed by atoms with van der Waals surface area (Å²) in [5.41, 5.74) is 2.04. The van der Waals surface area contributed by atoms with Crippen LogP contribution in [-0.2, 0) is 14.3 Å². The number of amides is 2. The lowest BCUT2D eigenvalue weighted by atomic mass is 9.84. The largest absolute Gasteiger partial charge is 0.487 e. The molecular weight excluding hydrogens is 414 g/mol.